The molecule has 1 aromatic carbocycles. The first-order valence-electron chi connectivity index (χ1n) is 5.30. The summed E-state index contributed by atoms with van der Waals surface area (Å²) in [6.45, 7) is 7.47. The number of ether oxygens (including phenoxy) is 1. The van der Waals surface area contributed by atoms with Gasteiger partial charge in [-0.15, -0.1) is 5.92 Å². The molecule has 0 saturated heterocycles. The molecule has 0 aliphatic heterocycles. The molecule has 0 aromatic heterocycles. The molecule has 0 radical (unpaired) electrons. The third-order valence-corrected chi connectivity index (χ3v) is 2.03. The van der Waals surface area contributed by atoms with E-state index < -0.39 is 0 Å². The van der Waals surface area contributed by atoms with Crippen molar-refractivity contribution in [2.75, 3.05) is 13.2 Å². The molecule has 0 heterocycles. The number of rotatable bonds is 6. The van der Waals surface area contributed by atoms with Gasteiger partial charge in [0.2, 0.25) is 0 Å². The van der Waals surface area contributed by atoms with Crippen LogP contribution in [0.1, 0.15) is 12.5 Å². The van der Waals surface area contributed by atoms with Crippen molar-refractivity contribution in [3.63, 3.8) is 0 Å². The number of hydrogen-bond acceptors (Lipinski definition) is 2. The summed E-state index contributed by atoms with van der Waals surface area (Å²) in [6, 6.07) is 7.98. The Morgan fingerprint density at radius 2 is 2.25 bits per heavy atom. The van der Waals surface area contributed by atoms with E-state index in [4.69, 9.17) is 4.74 Å². The lowest BCUT2D eigenvalue weighted by molar-refractivity contribution is 0.358. The molecule has 2 nitrogen and oxygen atoms in total. The minimum atomic E-state index is 0.534. The molecule has 0 unspecified atom stereocenters. The van der Waals surface area contributed by atoms with E-state index in [1.54, 1.807) is 6.08 Å². The van der Waals surface area contributed by atoms with Crippen LogP contribution in [0.3, 0.4) is 0 Å². The van der Waals surface area contributed by atoms with Crippen LogP contribution in [0, 0.1) is 11.8 Å². The Kier molecular flexibility index (Phi) is 5.83. The molecule has 0 spiro atoms. The Bertz CT molecular complexity index is 387. The number of nitrogens with one attached hydrogen (secondary N) is 1. The van der Waals surface area contributed by atoms with E-state index in [0.29, 0.717) is 13.2 Å². The molecule has 0 aliphatic rings. The topological polar surface area (TPSA) is 21.3 Å². The van der Waals surface area contributed by atoms with Crippen molar-refractivity contribution < 1.29 is 4.74 Å². The summed E-state index contributed by atoms with van der Waals surface area (Å²) >= 11 is 0. The fraction of sp³-hybridized carbons (Fsp3) is 0.286. The largest absolute Gasteiger partial charge is 0.489 e. The maximum atomic E-state index is 5.55. The number of para-hydroxylation sites is 1. The fourth-order valence-corrected chi connectivity index (χ4v) is 1.29. The summed E-state index contributed by atoms with van der Waals surface area (Å²) in [5.41, 5.74) is 1.14. The summed E-state index contributed by atoms with van der Waals surface area (Å²) < 4.78 is 5.55. The van der Waals surface area contributed by atoms with Crippen molar-refractivity contribution >= 4 is 0 Å². The third-order valence-electron chi connectivity index (χ3n) is 2.03. The first-order chi connectivity index (χ1) is 7.88. The molecule has 1 rings (SSSR count). The van der Waals surface area contributed by atoms with Gasteiger partial charge in [-0.25, -0.2) is 0 Å². The van der Waals surface area contributed by atoms with E-state index in [-0.39, 0.29) is 0 Å². The van der Waals surface area contributed by atoms with Gasteiger partial charge in [0, 0.05) is 12.1 Å². The maximum absolute atomic E-state index is 5.55. The van der Waals surface area contributed by atoms with Gasteiger partial charge in [-0.1, -0.05) is 36.8 Å². The van der Waals surface area contributed by atoms with Crippen molar-refractivity contribution in [2.45, 2.75) is 13.5 Å². The van der Waals surface area contributed by atoms with Crippen LogP contribution in [-0.4, -0.2) is 13.2 Å². The summed E-state index contributed by atoms with van der Waals surface area (Å²) in [4.78, 5) is 0. The summed E-state index contributed by atoms with van der Waals surface area (Å²) in [6.07, 6.45) is 1.74. The van der Waals surface area contributed by atoms with Crippen LogP contribution < -0.4 is 10.1 Å². The SMILES string of the molecule is C=CCOc1ccccc1CNCC#CC. The van der Waals surface area contributed by atoms with Crippen molar-refractivity contribution in [3.8, 4) is 17.6 Å². The molecular weight excluding hydrogens is 198 g/mol. The van der Waals surface area contributed by atoms with Gasteiger partial charge >= 0.3 is 0 Å². The fourth-order valence-electron chi connectivity index (χ4n) is 1.29. The second-order valence-corrected chi connectivity index (χ2v) is 3.24. The smallest absolute Gasteiger partial charge is 0.124 e. The zero-order chi connectivity index (χ0) is 11.6. The van der Waals surface area contributed by atoms with Crippen molar-refractivity contribution in [1.82, 2.24) is 5.32 Å². The second-order valence-electron chi connectivity index (χ2n) is 3.24. The van der Waals surface area contributed by atoms with E-state index in [9.17, 15) is 0 Å². The van der Waals surface area contributed by atoms with E-state index >= 15 is 0 Å². The highest BCUT2D eigenvalue weighted by Gasteiger charge is 2.00. The molecule has 1 N–H and O–H groups in total. The highest BCUT2D eigenvalue weighted by atomic mass is 16.5. The molecular formula is C14H17NO. The van der Waals surface area contributed by atoms with E-state index in [2.05, 4.69) is 23.7 Å². The second kappa shape index (κ2) is 7.56. The van der Waals surface area contributed by atoms with Crippen molar-refractivity contribution in [3.05, 3.63) is 42.5 Å². The highest BCUT2D eigenvalue weighted by Crippen LogP contribution is 2.17. The predicted molar refractivity (Wildman–Crippen MR) is 67.3 cm³/mol. The van der Waals surface area contributed by atoms with Gasteiger partial charge in [-0.05, 0) is 13.0 Å². The lowest BCUT2D eigenvalue weighted by atomic mass is 10.2. The van der Waals surface area contributed by atoms with E-state index in [1.807, 2.05) is 31.2 Å². The third kappa shape index (κ3) is 4.20. The Balaban J connectivity index is 2.54. The molecule has 0 bridgehead atoms. The quantitative estimate of drug-likeness (QED) is 0.447. The summed E-state index contributed by atoms with van der Waals surface area (Å²) in [5.74, 6) is 6.71. The Labute approximate surface area is 97.3 Å². The monoisotopic (exact) mass is 215 g/mol. The van der Waals surface area contributed by atoms with E-state index in [0.717, 1.165) is 17.9 Å². The van der Waals surface area contributed by atoms with Crippen LogP contribution in [0.4, 0.5) is 0 Å². The minimum Gasteiger partial charge on any atom is -0.489 e. The van der Waals surface area contributed by atoms with Gasteiger partial charge in [0.15, 0.2) is 0 Å². The van der Waals surface area contributed by atoms with Crippen LogP contribution in [0.25, 0.3) is 0 Å². The Hall–Kier alpha value is -1.72. The molecule has 0 saturated carbocycles. The molecule has 2 heteroatoms. The van der Waals surface area contributed by atoms with Crippen molar-refractivity contribution in [1.29, 1.82) is 0 Å². The molecule has 0 fully saturated rings. The first-order valence-corrected chi connectivity index (χ1v) is 5.30. The first kappa shape index (κ1) is 12.4. The summed E-state index contributed by atoms with van der Waals surface area (Å²) in [7, 11) is 0. The van der Waals surface area contributed by atoms with Gasteiger partial charge < -0.3 is 10.1 Å². The van der Waals surface area contributed by atoms with Crippen LogP contribution in [0.5, 0.6) is 5.75 Å². The Morgan fingerprint density at radius 3 is 3.00 bits per heavy atom. The van der Waals surface area contributed by atoms with E-state index in [1.165, 1.54) is 0 Å². The van der Waals surface area contributed by atoms with Gasteiger partial charge in [-0.2, -0.15) is 0 Å². The molecule has 1 aromatic rings. The standard InChI is InChI=1S/C14H17NO/c1-3-5-10-15-12-13-8-6-7-9-14(13)16-11-4-2/h4,6-9,15H,2,10-12H2,1H3. The van der Waals surface area contributed by atoms with Gasteiger partial charge in [0.1, 0.15) is 12.4 Å². The number of hydrogen-bond donors (Lipinski definition) is 1. The van der Waals surface area contributed by atoms with Gasteiger partial charge in [0.05, 0.1) is 6.54 Å². The molecule has 0 aliphatic carbocycles. The normalized spacial score (nSPS) is 9.06. The predicted octanol–water partition coefficient (Wildman–Crippen LogP) is 2.36. The summed E-state index contributed by atoms with van der Waals surface area (Å²) in [5, 5.41) is 3.24. The molecule has 84 valence electrons. The zero-order valence-electron chi connectivity index (χ0n) is 9.62. The van der Waals surface area contributed by atoms with Crippen LogP contribution in [-0.2, 0) is 6.54 Å². The average molecular weight is 215 g/mol. The van der Waals surface area contributed by atoms with Crippen molar-refractivity contribution in [2.24, 2.45) is 0 Å². The van der Waals surface area contributed by atoms with Crippen LogP contribution in [0.2, 0.25) is 0 Å². The number of benzene rings is 1. The van der Waals surface area contributed by atoms with Gasteiger partial charge in [0.25, 0.3) is 0 Å². The highest BCUT2D eigenvalue weighted by molar-refractivity contribution is 5.33. The minimum absolute atomic E-state index is 0.534. The lowest BCUT2D eigenvalue weighted by Crippen LogP contribution is -2.14. The maximum Gasteiger partial charge on any atom is 0.124 e. The van der Waals surface area contributed by atoms with Gasteiger partial charge in [-0.3, -0.25) is 0 Å². The lowest BCUT2D eigenvalue weighted by Gasteiger charge is -2.09. The van der Waals surface area contributed by atoms with Crippen LogP contribution in [0.15, 0.2) is 36.9 Å². The van der Waals surface area contributed by atoms with Crippen LogP contribution >= 0.6 is 0 Å². The zero-order valence-corrected chi connectivity index (χ0v) is 9.62. The molecule has 0 amide bonds. The molecule has 16 heavy (non-hydrogen) atoms. The average Bonchev–Trinajstić information content (AvgIpc) is 2.33. The Morgan fingerprint density at radius 1 is 1.44 bits per heavy atom. The molecule has 0 atom stereocenters.